The third kappa shape index (κ3) is 4.04. The summed E-state index contributed by atoms with van der Waals surface area (Å²) in [6.45, 7) is 1.82. The van der Waals surface area contributed by atoms with Gasteiger partial charge in [0, 0.05) is 23.0 Å². The number of benzene rings is 3. The van der Waals surface area contributed by atoms with Gasteiger partial charge in [0.15, 0.2) is 9.84 Å². The van der Waals surface area contributed by atoms with Crippen molar-refractivity contribution in [2.75, 3.05) is 11.6 Å². The fraction of sp³-hybridized carbons (Fsp3) is 0.125. The van der Waals surface area contributed by atoms with Crippen molar-refractivity contribution in [3.05, 3.63) is 102 Å². The molecule has 4 nitrogen and oxygen atoms in total. The number of para-hydroxylation sites is 1. The molecule has 1 atom stereocenters. The van der Waals surface area contributed by atoms with Crippen LogP contribution in [0.2, 0.25) is 0 Å². The van der Waals surface area contributed by atoms with Crippen LogP contribution in [0.5, 0.6) is 0 Å². The van der Waals surface area contributed by atoms with Crippen molar-refractivity contribution in [3.8, 4) is 0 Å². The van der Waals surface area contributed by atoms with Crippen molar-refractivity contribution < 1.29 is 12.8 Å². The van der Waals surface area contributed by atoms with E-state index in [2.05, 4.69) is 10.3 Å². The second kappa shape index (κ2) is 7.88. The summed E-state index contributed by atoms with van der Waals surface area (Å²) in [5.41, 5.74) is 3.48. The average molecular weight is 421 g/mol. The first-order valence-electron chi connectivity index (χ1n) is 9.50. The SMILES string of the molecule is Cc1cc(NC(c2ccccc2)c2cccc(S(C)(=O)=O)c2)c2cccc(F)c2n1. The standard InChI is InChI=1S/C24H21FN2O2S/c1-16-14-22(20-12-7-13-21(25)24(20)26-16)27-23(17-8-4-3-5-9-17)18-10-6-11-19(15-18)30(2,28)29/h3-15,23H,1-2H3,(H,26,27). The Labute approximate surface area is 175 Å². The van der Waals surface area contributed by atoms with Crippen molar-refractivity contribution in [1.82, 2.24) is 4.98 Å². The zero-order valence-electron chi connectivity index (χ0n) is 16.6. The van der Waals surface area contributed by atoms with E-state index in [4.69, 9.17) is 0 Å². The Morgan fingerprint density at radius 2 is 1.60 bits per heavy atom. The summed E-state index contributed by atoms with van der Waals surface area (Å²) in [6, 6.07) is 23.0. The molecule has 0 amide bonds. The number of hydrogen-bond acceptors (Lipinski definition) is 4. The molecule has 0 bridgehead atoms. The van der Waals surface area contributed by atoms with Crippen LogP contribution in [0, 0.1) is 12.7 Å². The first-order chi connectivity index (χ1) is 14.3. The summed E-state index contributed by atoms with van der Waals surface area (Å²) in [4.78, 5) is 4.59. The zero-order valence-corrected chi connectivity index (χ0v) is 17.4. The molecule has 1 N–H and O–H groups in total. The topological polar surface area (TPSA) is 59.1 Å². The van der Waals surface area contributed by atoms with Crippen LogP contribution in [0.15, 0.2) is 83.8 Å². The Balaban J connectivity index is 1.88. The summed E-state index contributed by atoms with van der Waals surface area (Å²) in [5, 5.41) is 4.17. The van der Waals surface area contributed by atoms with Gasteiger partial charge in [-0.25, -0.2) is 17.8 Å². The summed E-state index contributed by atoms with van der Waals surface area (Å²) in [5.74, 6) is -0.380. The van der Waals surface area contributed by atoms with Crippen LogP contribution >= 0.6 is 0 Å². The van der Waals surface area contributed by atoms with Gasteiger partial charge in [0.25, 0.3) is 0 Å². The van der Waals surface area contributed by atoms with Crippen molar-refractivity contribution >= 4 is 26.4 Å². The average Bonchev–Trinajstić information content (AvgIpc) is 2.73. The van der Waals surface area contributed by atoms with Crippen LogP contribution in [-0.2, 0) is 9.84 Å². The molecule has 0 aliphatic heterocycles. The number of rotatable bonds is 5. The number of sulfone groups is 1. The number of nitrogens with zero attached hydrogens (tertiary/aromatic N) is 1. The molecular formula is C24H21FN2O2S. The Morgan fingerprint density at radius 3 is 2.33 bits per heavy atom. The Kier molecular flexibility index (Phi) is 5.26. The third-order valence-electron chi connectivity index (χ3n) is 4.97. The van der Waals surface area contributed by atoms with Gasteiger partial charge in [0.1, 0.15) is 11.3 Å². The molecule has 0 spiro atoms. The van der Waals surface area contributed by atoms with Gasteiger partial charge in [-0.1, -0.05) is 54.6 Å². The minimum atomic E-state index is -3.35. The highest BCUT2D eigenvalue weighted by Crippen LogP contribution is 2.32. The fourth-order valence-corrected chi connectivity index (χ4v) is 4.22. The number of anilines is 1. The first kappa shape index (κ1) is 20.0. The molecule has 0 fully saturated rings. The van der Waals surface area contributed by atoms with E-state index in [1.165, 1.54) is 12.3 Å². The number of aryl methyl sites for hydroxylation is 1. The second-order valence-electron chi connectivity index (χ2n) is 7.28. The van der Waals surface area contributed by atoms with E-state index in [9.17, 15) is 12.8 Å². The Morgan fingerprint density at radius 1 is 0.900 bits per heavy atom. The van der Waals surface area contributed by atoms with Crippen LogP contribution in [0.4, 0.5) is 10.1 Å². The molecule has 1 heterocycles. The summed E-state index contributed by atoms with van der Waals surface area (Å²) < 4.78 is 38.5. The smallest absolute Gasteiger partial charge is 0.175 e. The number of aromatic nitrogens is 1. The predicted molar refractivity (Wildman–Crippen MR) is 118 cm³/mol. The molecule has 3 aromatic carbocycles. The largest absolute Gasteiger partial charge is 0.374 e. The minimum Gasteiger partial charge on any atom is -0.374 e. The lowest BCUT2D eigenvalue weighted by molar-refractivity contribution is 0.601. The highest BCUT2D eigenvalue weighted by molar-refractivity contribution is 7.90. The van der Waals surface area contributed by atoms with Crippen molar-refractivity contribution in [1.29, 1.82) is 0 Å². The second-order valence-corrected chi connectivity index (χ2v) is 9.30. The monoisotopic (exact) mass is 420 g/mol. The highest BCUT2D eigenvalue weighted by atomic mass is 32.2. The normalized spacial score (nSPS) is 12.6. The summed E-state index contributed by atoms with van der Waals surface area (Å²) >= 11 is 0. The van der Waals surface area contributed by atoms with Crippen LogP contribution in [-0.4, -0.2) is 19.7 Å². The molecule has 1 aromatic heterocycles. The maximum atomic E-state index is 14.4. The van der Waals surface area contributed by atoms with E-state index in [0.717, 1.165) is 16.8 Å². The van der Waals surface area contributed by atoms with Gasteiger partial charge in [-0.15, -0.1) is 0 Å². The summed E-state index contributed by atoms with van der Waals surface area (Å²) in [7, 11) is -3.35. The fourth-order valence-electron chi connectivity index (χ4n) is 3.55. The van der Waals surface area contributed by atoms with Crippen molar-refractivity contribution in [2.45, 2.75) is 17.9 Å². The lowest BCUT2D eigenvalue weighted by Gasteiger charge is -2.23. The van der Waals surface area contributed by atoms with E-state index in [1.54, 1.807) is 24.3 Å². The predicted octanol–water partition coefficient (Wildman–Crippen LogP) is 5.29. The van der Waals surface area contributed by atoms with Crippen LogP contribution in [0.25, 0.3) is 10.9 Å². The minimum absolute atomic E-state index is 0.254. The van der Waals surface area contributed by atoms with E-state index < -0.39 is 9.84 Å². The Hall–Kier alpha value is -3.25. The molecule has 0 radical (unpaired) electrons. The molecular weight excluding hydrogens is 399 g/mol. The van der Waals surface area contributed by atoms with E-state index in [1.807, 2.05) is 55.5 Å². The first-order valence-corrected chi connectivity index (χ1v) is 11.4. The number of fused-ring (bicyclic) bond motifs is 1. The number of halogens is 1. The molecule has 0 aliphatic carbocycles. The molecule has 6 heteroatoms. The van der Waals surface area contributed by atoms with Crippen molar-refractivity contribution in [3.63, 3.8) is 0 Å². The number of pyridine rings is 1. The molecule has 0 saturated carbocycles. The number of hydrogen-bond donors (Lipinski definition) is 1. The summed E-state index contributed by atoms with van der Waals surface area (Å²) in [6.07, 6.45) is 1.19. The quantitative estimate of drug-likeness (QED) is 0.477. The van der Waals surface area contributed by atoms with Gasteiger partial charge in [-0.3, -0.25) is 0 Å². The van der Waals surface area contributed by atoms with Gasteiger partial charge in [0.05, 0.1) is 10.9 Å². The van der Waals surface area contributed by atoms with E-state index in [-0.39, 0.29) is 16.8 Å². The van der Waals surface area contributed by atoms with Gasteiger partial charge in [0.2, 0.25) is 0 Å². The van der Waals surface area contributed by atoms with E-state index in [0.29, 0.717) is 16.6 Å². The van der Waals surface area contributed by atoms with Gasteiger partial charge >= 0.3 is 0 Å². The van der Waals surface area contributed by atoms with Crippen molar-refractivity contribution in [2.24, 2.45) is 0 Å². The van der Waals surface area contributed by atoms with Crippen LogP contribution < -0.4 is 5.32 Å². The van der Waals surface area contributed by atoms with Gasteiger partial charge < -0.3 is 5.32 Å². The Bertz CT molecular complexity index is 1320. The van der Waals surface area contributed by atoms with Gasteiger partial charge in [-0.2, -0.15) is 0 Å². The number of nitrogens with one attached hydrogen (secondary N) is 1. The molecule has 0 saturated heterocycles. The van der Waals surface area contributed by atoms with E-state index >= 15 is 0 Å². The molecule has 4 aromatic rings. The third-order valence-corrected chi connectivity index (χ3v) is 6.08. The van der Waals surface area contributed by atoms with Gasteiger partial charge in [-0.05, 0) is 42.3 Å². The highest BCUT2D eigenvalue weighted by Gasteiger charge is 2.18. The molecule has 30 heavy (non-hydrogen) atoms. The molecule has 1 unspecified atom stereocenters. The van der Waals surface area contributed by atoms with Crippen LogP contribution in [0.3, 0.4) is 0 Å². The zero-order chi connectivity index (χ0) is 21.3. The molecule has 0 aliphatic rings. The lowest BCUT2D eigenvalue weighted by Crippen LogP contribution is -2.14. The molecule has 152 valence electrons. The van der Waals surface area contributed by atoms with Crippen LogP contribution in [0.1, 0.15) is 22.9 Å². The maximum Gasteiger partial charge on any atom is 0.175 e. The molecule has 4 rings (SSSR count). The lowest BCUT2D eigenvalue weighted by atomic mass is 9.98. The maximum absolute atomic E-state index is 14.4.